The molecule has 1 aromatic carbocycles. The van der Waals surface area contributed by atoms with Crippen molar-refractivity contribution in [3.63, 3.8) is 0 Å². The maximum absolute atomic E-state index is 12.2. The standard InChI is InChI=1S/C15H13N5O2S/c1-2-12-13(23-20-19-12)14(21)18-10-4-6-11(7-5-10)22-15-16-8-3-9-17-15/h3-9H,2H2,1H3,(H,18,21). The number of rotatable bonds is 5. The van der Waals surface area contributed by atoms with Gasteiger partial charge in [0.2, 0.25) is 0 Å². The lowest BCUT2D eigenvalue weighted by Gasteiger charge is -2.06. The maximum atomic E-state index is 12.2. The Balaban J connectivity index is 1.67. The Morgan fingerprint density at radius 2 is 1.96 bits per heavy atom. The zero-order valence-electron chi connectivity index (χ0n) is 12.3. The van der Waals surface area contributed by atoms with E-state index in [0.29, 0.717) is 28.4 Å². The lowest BCUT2D eigenvalue weighted by Crippen LogP contribution is -2.12. The molecule has 0 atom stereocenters. The molecule has 3 aromatic rings. The Labute approximate surface area is 136 Å². The fourth-order valence-corrected chi connectivity index (χ4v) is 2.50. The van der Waals surface area contributed by atoms with Gasteiger partial charge in [0.15, 0.2) is 0 Å². The smallest absolute Gasteiger partial charge is 0.321 e. The highest BCUT2D eigenvalue weighted by Gasteiger charge is 2.15. The van der Waals surface area contributed by atoms with Crippen LogP contribution in [0.2, 0.25) is 0 Å². The van der Waals surface area contributed by atoms with Gasteiger partial charge in [0.05, 0.1) is 5.69 Å². The summed E-state index contributed by atoms with van der Waals surface area (Å²) in [5, 5.41) is 6.75. The molecule has 1 amide bonds. The zero-order valence-corrected chi connectivity index (χ0v) is 13.1. The van der Waals surface area contributed by atoms with Gasteiger partial charge in [-0.2, -0.15) is 0 Å². The number of aromatic nitrogens is 4. The summed E-state index contributed by atoms with van der Waals surface area (Å²) in [4.78, 5) is 20.7. The third-order valence-electron chi connectivity index (χ3n) is 2.96. The molecule has 0 saturated carbocycles. The second kappa shape index (κ2) is 6.93. The Kier molecular flexibility index (Phi) is 4.53. The van der Waals surface area contributed by atoms with Crippen LogP contribution in [0.25, 0.3) is 0 Å². The number of nitrogens with zero attached hydrogens (tertiary/aromatic N) is 4. The number of hydrogen-bond donors (Lipinski definition) is 1. The van der Waals surface area contributed by atoms with Gasteiger partial charge in [-0.15, -0.1) is 5.10 Å². The minimum Gasteiger partial charge on any atom is -0.424 e. The number of carbonyl (C=O) groups is 1. The monoisotopic (exact) mass is 327 g/mol. The summed E-state index contributed by atoms with van der Waals surface area (Å²) in [5.74, 6) is 0.375. The van der Waals surface area contributed by atoms with Gasteiger partial charge in [0.25, 0.3) is 5.91 Å². The topological polar surface area (TPSA) is 89.9 Å². The van der Waals surface area contributed by atoms with E-state index in [-0.39, 0.29) is 11.9 Å². The summed E-state index contributed by atoms with van der Waals surface area (Å²) in [6.45, 7) is 1.94. The van der Waals surface area contributed by atoms with E-state index >= 15 is 0 Å². The summed E-state index contributed by atoms with van der Waals surface area (Å²) >= 11 is 1.09. The number of aryl methyl sites for hydroxylation is 1. The highest BCUT2D eigenvalue weighted by atomic mass is 32.1. The van der Waals surface area contributed by atoms with Crippen LogP contribution in [0.3, 0.4) is 0 Å². The van der Waals surface area contributed by atoms with Gasteiger partial charge >= 0.3 is 6.01 Å². The van der Waals surface area contributed by atoms with Crippen LogP contribution >= 0.6 is 11.5 Å². The first-order chi connectivity index (χ1) is 11.3. The van der Waals surface area contributed by atoms with Crippen LogP contribution in [0, 0.1) is 0 Å². The Bertz CT molecular complexity index is 789. The molecule has 116 valence electrons. The molecule has 2 heterocycles. The molecule has 8 heteroatoms. The molecule has 23 heavy (non-hydrogen) atoms. The minimum absolute atomic E-state index is 0.211. The number of ether oxygens (including phenoxy) is 1. The van der Waals surface area contributed by atoms with Crippen molar-refractivity contribution < 1.29 is 9.53 Å². The number of amides is 1. The van der Waals surface area contributed by atoms with E-state index in [9.17, 15) is 4.79 Å². The summed E-state index contributed by atoms with van der Waals surface area (Å²) in [6, 6.07) is 8.94. The van der Waals surface area contributed by atoms with Crippen LogP contribution in [0.1, 0.15) is 22.3 Å². The molecule has 2 aromatic heterocycles. The molecule has 0 saturated heterocycles. The van der Waals surface area contributed by atoms with Gasteiger partial charge in [-0.25, -0.2) is 9.97 Å². The van der Waals surface area contributed by atoms with Crippen molar-refractivity contribution in [2.75, 3.05) is 5.32 Å². The van der Waals surface area contributed by atoms with Gasteiger partial charge < -0.3 is 10.1 Å². The molecule has 0 fully saturated rings. The molecule has 0 bridgehead atoms. The molecule has 0 unspecified atom stereocenters. The van der Waals surface area contributed by atoms with Crippen molar-refractivity contribution in [1.29, 1.82) is 0 Å². The van der Waals surface area contributed by atoms with Crippen LogP contribution in [0.4, 0.5) is 5.69 Å². The predicted molar refractivity (Wildman–Crippen MR) is 85.8 cm³/mol. The molecule has 0 spiro atoms. The number of carbonyl (C=O) groups excluding carboxylic acids is 1. The number of nitrogens with one attached hydrogen (secondary N) is 1. The Morgan fingerprint density at radius 1 is 1.22 bits per heavy atom. The Morgan fingerprint density at radius 3 is 2.65 bits per heavy atom. The summed E-state index contributed by atoms with van der Waals surface area (Å²) in [6.07, 6.45) is 3.87. The molecule has 0 aliphatic heterocycles. The average Bonchev–Trinajstić information content (AvgIpc) is 3.06. The molecule has 0 radical (unpaired) electrons. The number of anilines is 1. The molecule has 1 N–H and O–H groups in total. The van der Waals surface area contributed by atoms with E-state index in [2.05, 4.69) is 24.9 Å². The van der Waals surface area contributed by atoms with Crippen molar-refractivity contribution in [3.8, 4) is 11.8 Å². The minimum atomic E-state index is -0.211. The van der Waals surface area contributed by atoms with Gasteiger partial charge in [-0.3, -0.25) is 4.79 Å². The summed E-state index contributed by atoms with van der Waals surface area (Å²) < 4.78 is 9.31. The second-order valence-electron chi connectivity index (χ2n) is 4.51. The quantitative estimate of drug-likeness (QED) is 0.775. The Hall–Kier alpha value is -2.87. The average molecular weight is 327 g/mol. The van der Waals surface area contributed by atoms with Crippen LogP contribution in [-0.4, -0.2) is 25.5 Å². The van der Waals surface area contributed by atoms with Crippen molar-refractivity contribution >= 4 is 23.1 Å². The SMILES string of the molecule is CCc1nnsc1C(=O)Nc1ccc(Oc2ncccn2)cc1. The number of benzene rings is 1. The fraction of sp³-hybridized carbons (Fsp3) is 0.133. The first-order valence-corrected chi connectivity index (χ1v) is 7.71. The van der Waals surface area contributed by atoms with E-state index in [1.165, 1.54) is 0 Å². The highest BCUT2D eigenvalue weighted by Crippen LogP contribution is 2.21. The van der Waals surface area contributed by atoms with Gasteiger partial charge in [0, 0.05) is 18.1 Å². The van der Waals surface area contributed by atoms with Crippen LogP contribution < -0.4 is 10.1 Å². The molecule has 3 rings (SSSR count). The van der Waals surface area contributed by atoms with Crippen molar-refractivity contribution in [2.45, 2.75) is 13.3 Å². The lowest BCUT2D eigenvalue weighted by atomic mass is 10.2. The van der Waals surface area contributed by atoms with Crippen molar-refractivity contribution in [2.24, 2.45) is 0 Å². The van der Waals surface area contributed by atoms with E-state index in [1.807, 2.05) is 6.92 Å². The van der Waals surface area contributed by atoms with E-state index in [0.717, 1.165) is 11.5 Å². The fourth-order valence-electron chi connectivity index (χ4n) is 1.85. The summed E-state index contributed by atoms with van der Waals surface area (Å²) in [7, 11) is 0. The number of hydrogen-bond acceptors (Lipinski definition) is 7. The van der Waals surface area contributed by atoms with Crippen LogP contribution in [0.5, 0.6) is 11.8 Å². The predicted octanol–water partition coefficient (Wildman–Crippen LogP) is 2.94. The third-order valence-corrected chi connectivity index (χ3v) is 3.73. The van der Waals surface area contributed by atoms with E-state index in [1.54, 1.807) is 42.7 Å². The first-order valence-electron chi connectivity index (χ1n) is 6.93. The van der Waals surface area contributed by atoms with E-state index in [4.69, 9.17) is 4.74 Å². The lowest BCUT2D eigenvalue weighted by molar-refractivity contribution is 0.102. The normalized spacial score (nSPS) is 10.3. The van der Waals surface area contributed by atoms with Crippen molar-refractivity contribution in [1.82, 2.24) is 19.6 Å². The highest BCUT2D eigenvalue weighted by molar-refractivity contribution is 7.08. The maximum Gasteiger partial charge on any atom is 0.321 e. The molecule has 7 nitrogen and oxygen atoms in total. The second-order valence-corrected chi connectivity index (χ2v) is 5.27. The van der Waals surface area contributed by atoms with Crippen LogP contribution in [-0.2, 0) is 6.42 Å². The van der Waals surface area contributed by atoms with E-state index < -0.39 is 0 Å². The van der Waals surface area contributed by atoms with Crippen LogP contribution in [0.15, 0.2) is 42.7 Å². The molecular weight excluding hydrogens is 314 g/mol. The molecule has 0 aliphatic carbocycles. The van der Waals surface area contributed by atoms with Gasteiger partial charge in [0.1, 0.15) is 10.6 Å². The molecule has 0 aliphatic rings. The van der Waals surface area contributed by atoms with Crippen molar-refractivity contribution in [3.05, 3.63) is 53.3 Å². The third kappa shape index (κ3) is 3.67. The zero-order chi connectivity index (χ0) is 16.1. The summed E-state index contributed by atoms with van der Waals surface area (Å²) in [5.41, 5.74) is 1.36. The largest absolute Gasteiger partial charge is 0.424 e. The first kappa shape index (κ1) is 15.0. The molecular formula is C15H13N5O2S. The van der Waals surface area contributed by atoms with Gasteiger partial charge in [-0.1, -0.05) is 11.4 Å². The van der Waals surface area contributed by atoms with Gasteiger partial charge in [-0.05, 0) is 48.3 Å².